The number of phenols is 2. The van der Waals surface area contributed by atoms with E-state index in [2.05, 4.69) is 0 Å². The fourth-order valence-electron chi connectivity index (χ4n) is 11.4. The maximum atomic E-state index is 12.0. The summed E-state index contributed by atoms with van der Waals surface area (Å²) in [5.74, 6) is -6.54. The van der Waals surface area contributed by atoms with Crippen molar-refractivity contribution < 1.29 is 121 Å². The van der Waals surface area contributed by atoms with Gasteiger partial charge in [-0.15, -0.1) is 0 Å². The number of Topliss-reactive ketones (excluding diaryl/α,β-unsaturated/α-hetero) is 6. The number of esters is 4. The Bertz CT molecular complexity index is 5650. The van der Waals surface area contributed by atoms with Crippen molar-refractivity contribution in [1.29, 1.82) is 0 Å². The standard InChI is InChI=1S/C15H14O4.C15H12O4.C14H12O4.C13H10O4.C11H8O3.2C10H6O3/c1-8(2)15(18)19-12-6-4-5-10-13(12)11(16)7-9(3)14(10)17;1-3-5-13(17)19-12-7-4-6-10-14(12)11(16)8-9(2)15(10)18;1-3-12(16)18-11-6-4-5-9-13(11)10(15)7-8(2)14(9)17;1-7-6-10(15)12-9(13(7)16)4-3-5-11(12)17-8(2)14;1-6-5-9(13)10-7(11(6)14)3-2-4-8(10)12;11-7-4-5-9(13)10-6(7)2-1-3-8(10)12;11-8-5-9(12)10(13)7-4-2-1-3-6(7)8/h4-8H,1-3H3;3-8H,1-2H3;4-7H,3H2,1-2H3;3-6H,1-2H3;2-5,12H,1H3;1-5,12H;1-5,11H/b;5-3+;;;;;. The summed E-state index contributed by atoms with van der Waals surface area (Å²) in [5, 5.41) is 28.1. The number of aliphatic hydroxyl groups excluding tert-OH is 1. The lowest BCUT2D eigenvalue weighted by Crippen LogP contribution is -2.20. The zero-order valence-corrected chi connectivity index (χ0v) is 62.1. The molecule has 0 heterocycles. The molecule has 0 amide bonds. The van der Waals surface area contributed by atoms with E-state index in [4.69, 9.17) is 18.9 Å². The number of allylic oxidation sites excluding steroid dienone is 14. The number of ether oxygens (including phenoxy) is 4. The molecule has 25 heteroatoms. The Morgan fingerprint density at radius 3 is 1.04 bits per heavy atom. The van der Waals surface area contributed by atoms with Crippen molar-refractivity contribution in [3.63, 3.8) is 0 Å². The van der Waals surface area contributed by atoms with Crippen molar-refractivity contribution in [2.45, 2.75) is 75.7 Å². The summed E-state index contributed by atoms with van der Waals surface area (Å²) in [6.07, 6.45) is 12.6. The second-order valence-electron chi connectivity index (χ2n) is 25.5. The number of fused-ring (bicyclic) bond motifs is 7. The zero-order chi connectivity index (χ0) is 83.1. The number of ketones is 14. The number of carbonyl (C=O) groups excluding carboxylic acids is 18. The second-order valence-corrected chi connectivity index (χ2v) is 25.5. The molecule has 7 aromatic rings. The van der Waals surface area contributed by atoms with E-state index in [0.717, 1.165) is 6.08 Å². The van der Waals surface area contributed by atoms with Crippen molar-refractivity contribution >= 4 is 111 Å². The van der Waals surface area contributed by atoms with Crippen molar-refractivity contribution in [3.8, 4) is 34.5 Å². The van der Waals surface area contributed by atoms with Gasteiger partial charge in [0.15, 0.2) is 69.4 Å². The van der Waals surface area contributed by atoms with E-state index in [1.807, 2.05) is 0 Å². The first-order valence-corrected chi connectivity index (χ1v) is 34.3. The third kappa shape index (κ3) is 19.2. The van der Waals surface area contributed by atoms with Gasteiger partial charge < -0.3 is 34.3 Å². The van der Waals surface area contributed by atoms with Crippen molar-refractivity contribution in [2.24, 2.45) is 5.92 Å². The molecular formula is C88H68O25. The number of hydrogen-bond donors (Lipinski definition) is 3. The summed E-state index contributed by atoms with van der Waals surface area (Å²) in [4.78, 5) is 208. The van der Waals surface area contributed by atoms with Gasteiger partial charge in [0.2, 0.25) is 11.6 Å². The van der Waals surface area contributed by atoms with E-state index in [1.165, 1.54) is 110 Å². The third-order valence-electron chi connectivity index (χ3n) is 17.0. The van der Waals surface area contributed by atoms with E-state index in [9.17, 15) is 102 Å². The predicted octanol–water partition coefficient (Wildman–Crippen LogP) is 13.7. The topological polar surface area (TPSA) is 405 Å². The molecule has 0 aliphatic heterocycles. The smallest absolute Gasteiger partial charge is 0.335 e. The van der Waals surface area contributed by atoms with Crippen LogP contribution in [0, 0.1) is 5.92 Å². The second kappa shape index (κ2) is 36.3. The molecule has 0 aromatic heterocycles. The van der Waals surface area contributed by atoms with Gasteiger partial charge in [-0.25, -0.2) is 4.79 Å². The van der Waals surface area contributed by atoms with Crippen LogP contribution in [0.4, 0.5) is 0 Å². The van der Waals surface area contributed by atoms with Crippen LogP contribution in [0.1, 0.15) is 216 Å². The van der Waals surface area contributed by atoms with E-state index >= 15 is 0 Å². The fraction of sp³-hybridized carbons (Fsp3) is 0.136. The molecule has 7 aliphatic rings. The molecule has 25 nitrogen and oxygen atoms in total. The van der Waals surface area contributed by atoms with Gasteiger partial charge in [-0.3, -0.25) is 81.5 Å². The fourth-order valence-corrected chi connectivity index (χ4v) is 11.4. The number of aromatic hydroxyl groups is 2. The molecule has 0 saturated heterocycles. The van der Waals surface area contributed by atoms with Gasteiger partial charge >= 0.3 is 23.9 Å². The molecule has 0 bridgehead atoms. The Morgan fingerprint density at radius 2 is 0.664 bits per heavy atom. The van der Waals surface area contributed by atoms with Gasteiger partial charge in [0, 0.05) is 97.9 Å². The number of benzene rings is 7. The van der Waals surface area contributed by atoms with Crippen LogP contribution in [0.3, 0.4) is 0 Å². The molecule has 7 aromatic carbocycles. The molecule has 7 aliphatic carbocycles. The largest absolute Gasteiger partial charge is 0.507 e. The highest BCUT2D eigenvalue weighted by Crippen LogP contribution is 2.35. The minimum atomic E-state index is -0.670. The minimum absolute atomic E-state index is 0.106. The van der Waals surface area contributed by atoms with Crippen LogP contribution < -0.4 is 18.9 Å². The lowest BCUT2D eigenvalue weighted by molar-refractivity contribution is -0.138. The molecule has 113 heavy (non-hydrogen) atoms. The maximum absolute atomic E-state index is 12.0. The normalized spacial score (nSPS) is 14.4. The molecule has 0 atom stereocenters. The van der Waals surface area contributed by atoms with Crippen molar-refractivity contribution in [3.05, 3.63) is 300 Å². The Morgan fingerprint density at radius 1 is 0.345 bits per heavy atom. The third-order valence-corrected chi connectivity index (χ3v) is 17.0. The van der Waals surface area contributed by atoms with Gasteiger partial charge in [0.1, 0.15) is 40.3 Å². The van der Waals surface area contributed by atoms with Crippen molar-refractivity contribution in [2.75, 3.05) is 0 Å². The van der Waals surface area contributed by atoms with E-state index < -0.39 is 35.4 Å². The van der Waals surface area contributed by atoms with E-state index in [1.54, 1.807) is 147 Å². The molecule has 3 N–H and O–H groups in total. The SMILES string of the molecule is C/C=C/C(=O)Oc1cccc2c1C(=O)C=C(C)C2=O.CC(=O)Oc1cccc2c1C(=O)C=C(C)C2=O.CC1=CC(=O)c2c(O)cccc2C1=O.CC1=CC(=O)c2c(OC(=O)C(C)C)cccc2C1=O.CCC(=O)Oc1cccc2c1C(=O)C=C(C)C2=O.O=C1C=C(O)c2ccccc2C1=O.O=C1C=CC(=O)c2c(O)cccc21. The summed E-state index contributed by atoms with van der Waals surface area (Å²) < 4.78 is 20.3. The molecule has 0 spiro atoms. The van der Waals surface area contributed by atoms with Gasteiger partial charge in [0.05, 0.1) is 39.3 Å². The monoisotopic (exact) mass is 1520 g/mol. The number of aliphatic hydroxyl groups is 1. The molecular weight excluding hydrogens is 1460 g/mol. The van der Waals surface area contributed by atoms with Crippen LogP contribution in [0.2, 0.25) is 0 Å². The highest BCUT2D eigenvalue weighted by molar-refractivity contribution is 6.50. The van der Waals surface area contributed by atoms with Gasteiger partial charge in [-0.2, -0.15) is 0 Å². The van der Waals surface area contributed by atoms with Gasteiger partial charge in [-0.05, 0) is 120 Å². The summed E-state index contributed by atoms with van der Waals surface area (Å²) >= 11 is 0. The Balaban J connectivity index is 0.000000166. The molecule has 0 fully saturated rings. The Hall–Kier alpha value is -14.9. The summed E-state index contributed by atoms with van der Waals surface area (Å²) in [7, 11) is 0. The van der Waals surface area contributed by atoms with Gasteiger partial charge in [0.25, 0.3) is 0 Å². The average molecular weight is 1530 g/mol. The number of carbonyl (C=O) groups is 18. The molecule has 570 valence electrons. The van der Waals surface area contributed by atoms with E-state index in [0.29, 0.717) is 44.6 Å². The summed E-state index contributed by atoms with van der Waals surface area (Å²) in [6, 6.07) is 34.1. The highest BCUT2D eigenvalue weighted by Gasteiger charge is 2.33. The maximum Gasteiger partial charge on any atom is 0.335 e. The molecule has 0 unspecified atom stereocenters. The van der Waals surface area contributed by atoms with Crippen LogP contribution in [0.5, 0.6) is 34.5 Å². The minimum Gasteiger partial charge on any atom is -0.507 e. The van der Waals surface area contributed by atoms with Crippen LogP contribution in [0.25, 0.3) is 5.76 Å². The lowest BCUT2D eigenvalue weighted by Gasteiger charge is -2.16. The molecule has 0 saturated carbocycles. The molecule has 14 rings (SSSR count). The summed E-state index contributed by atoms with van der Waals surface area (Å²) in [6.45, 7) is 15.9. The summed E-state index contributed by atoms with van der Waals surface area (Å²) in [5.41, 5.74) is 5.25. The predicted molar refractivity (Wildman–Crippen MR) is 406 cm³/mol. The number of phenolic OH excluding ortho intramolecular Hbond substituents is 2. The van der Waals surface area contributed by atoms with E-state index in [-0.39, 0.29) is 183 Å². The van der Waals surface area contributed by atoms with Crippen molar-refractivity contribution in [1.82, 2.24) is 0 Å². The lowest BCUT2D eigenvalue weighted by atomic mass is 9.89. The Labute approximate surface area is 644 Å². The Kier molecular flexibility index (Phi) is 26.9. The number of rotatable bonds is 7. The molecule has 0 radical (unpaired) electrons. The average Bonchev–Trinajstić information content (AvgIpc) is 0.836. The number of hydrogen-bond acceptors (Lipinski definition) is 25. The van der Waals surface area contributed by atoms with Crippen LogP contribution in [0.15, 0.2) is 222 Å². The van der Waals surface area contributed by atoms with Crippen LogP contribution in [-0.2, 0) is 24.0 Å². The highest BCUT2D eigenvalue weighted by atomic mass is 16.5. The quantitative estimate of drug-likeness (QED) is 0.0577. The van der Waals surface area contributed by atoms with Crippen LogP contribution >= 0.6 is 0 Å². The first-order valence-electron chi connectivity index (χ1n) is 34.3. The first-order chi connectivity index (χ1) is 53.5. The first kappa shape index (κ1) is 83.8. The van der Waals surface area contributed by atoms with Crippen LogP contribution in [-0.4, -0.2) is 120 Å². The zero-order valence-electron chi connectivity index (χ0n) is 62.1. The van der Waals surface area contributed by atoms with Gasteiger partial charge in [-0.1, -0.05) is 124 Å².